The number of hydrogen-bond donors (Lipinski definition) is 2. The Kier molecular flexibility index (Phi) is 5.37. The summed E-state index contributed by atoms with van der Waals surface area (Å²) in [6.45, 7) is 1.90. The van der Waals surface area contributed by atoms with Gasteiger partial charge in [-0.15, -0.1) is 0 Å². The van der Waals surface area contributed by atoms with Gasteiger partial charge in [0.2, 0.25) is 5.91 Å². The number of nitrogens with one attached hydrogen (secondary N) is 1. The lowest BCUT2D eigenvalue weighted by Crippen LogP contribution is -2.12. The Morgan fingerprint density at radius 3 is 3.10 bits per heavy atom. The van der Waals surface area contributed by atoms with Crippen LogP contribution in [0.1, 0.15) is 18.4 Å². The van der Waals surface area contributed by atoms with E-state index in [1.54, 1.807) is 18.1 Å². The lowest BCUT2D eigenvalue weighted by atomic mass is 10.1. The largest absolute Gasteiger partial charge is 0.398 e. The third-order valence-electron chi connectivity index (χ3n) is 2.76. The number of anilines is 2. The minimum atomic E-state index is 0.0107. The lowest BCUT2D eigenvalue weighted by Gasteiger charge is -2.09. The first kappa shape index (κ1) is 14.8. The number of amides is 1. The fourth-order valence-electron chi connectivity index (χ4n) is 1.62. The zero-order chi connectivity index (χ0) is 14.4. The number of carbonyl (C=O) groups is 1. The molecule has 1 heterocycles. The van der Waals surface area contributed by atoms with Gasteiger partial charge in [-0.05, 0) is 42.6 Å². The van der Waals surface area contributed by atoms with Gasteiger partial charge in [-0.3, -0.25) is 4.79 Å². The smallest absolute Gasteiger partial charge is 0.224 e. The maximum absolute atomic E-state index is 11.9. The number of benzene rings is 1. The van der Waals surface area contributed by atoms with E-state index in [1.165, 1.54) is 11.5 Å². The highest BCUT2D eigenvalue weighted by Gasteiger charge is 2.06. The Morgan fingerprint density at radius 1 is 1.50 bits per heavy atom. The monoisotopic (exact) mass is 308 g/mol. The van der Waals surface area contributed by atoms with Crippen LogP contribution in [0.25, 0.3) is 0 Å². The number of rotatable bonds is 6. The molecule has 2 rings (SSSR count). The molecular weight excluding hydrogens is 292 g/mol. The molecule has 0 bridgehead atoms. The Bertz CT molecular complexity index is 572. The third-order valence-corrected chi connectivity index (χ3v) is 4.65. The standard InChI is InChI=1S/C13H16N4OS2/c1-9-10(14)4-2-5-11(9)17-12(18)6-3-7-19-13-15-8-16-20-13/h2,4-5,8H,3,6-7,14H2,1H3,(H,17,18). The van der Waals surface area contributed by atoms with Gasteiger partial charge in [-0.2, -0.15) is 4.37 Å². The van der Waals surface area contributed by atoms with E-state index in [0.717, 1.165) is 27.8 Å². The number of thioether (sulfide) groups is 1. The van der Waals surface area contributed by atoms with Crippen LogP contribution in [0.2, 0.25) is 0 Å². The molecule has 1 aromatic heterocycles. The maximum atomic E-state index is 11.9. The molecule has 1 aromatic carbocycles. The van der Waals surface area contributed by atoms with Gasteiger partial charge in [0.25, 0.3) is 0 Å². The highest BCUT2D eigenvalue weighted by Crippen LogP contribution is 2.22. The average Bonchev–Trinajstić information content (AvgIpc) is 2.93. The highest BCUT2D eigenvalue weighted by molar-refractivity contribution is 8.00. The summed E-state index contributed by atoms with van der Waals surface area (Å²) in [6, 6.07) is 5.52. The lowest BCUT2D eigenvalue weighted by molar-refractivity contribution is -0.116. The van der Waals surface area contributed by atoms with Crippen LogP contribution in [-0.2, 0) is 4.79 Å². The molecule has 0 saturated carbocycles. The molecule has 20 heavy (non-hydrogen) atoms. The minimum Gasteiger partial charge on any atom is -0.398 e. The second-order valence-electron chi connectivity index (χ2n) is 4.23. The molecule has 106 valence electrons. The molecule has 0 unspecified atom stereocenters. The van der Waals surface area contributed by atoms with Crippen molar-refractivity contribution in [1.29, 1.82) is 0 Å². The normalized spacial score (nSPS) is 10.4. The molecule has 0 aliphatic carbocycles. The summed E-state index contributed by atoms with van der Waals surface area (Å²) in [4.78, 5) is 15.9. The number of hydrogen-bond acceptors (Lipinski definition) is 6. The van der Waals surface area contributed by atoms with Gasteiger partial charge in [-0.1, -0.05) is 17.8 Å². The molecule has 2 aromatic rings. The van der Waals surface area contributed by atoms with E-state index in [9.17, 15) is 4.79 Å². The number of nitrogens with zero attached hydrogens (tertiary/aromatic N) is 2. The average molecular weight is 308 g/mol. The van der Waals surface area contributed by atoms with Crippen LogP contribution < -0.4 is 11.1 Å². The van der Waals surface area contributed by atoms with E-state index < -0.39 is 0 Å². The first-order chi connectivity index (χ1) is 9.66. The summed E-state index contributed by atoms with van der Waals surface area (Å²) in [6.07, 6.45) is 2.83. The van der Waals surface area contributed by atoms with Gasteiger partial charge in [-0.25, -0.2) is 4.98 Å². The van der Waals surface area contributed by atoms with Crippen LogP contribution in [-0.4, -0.2) is 21.0 Å². The zero-order valence-electron chi connectivity index (χ0n) is 11.1. The summed E-state index contributed by atoms with van der Waals surface area (Å²) in [5, 5.41) is 2.89. The van der Waals surface area contributed by atoms with Crippen LogP contribution >= 0.6 is 23.3 Å². The van der Waals surface area contributed by atoms with E-state index in [4.69, 9.17) is 5.73 Å². The van der Waals surface area contributed by atoms with E-state index >= 15 is 0 Å². The Balaban J connectivity index is 1.74. The quantitative estimate of drug-likeness (QED) is 0.487. The number of nitrogens with two attached hydrogens (primary N) is 1. The summed E-state index contributed by atoms with van der Waals surface area (Å²) in [7, 11) is 0. The van der Waals surface area contributed by atoms with Gasteiger partial charge in [0.15, 0.2) is 4.34 Å². The van der Waals surface area contributed by atoms with Crippen LogP contribution in [0.5, 0.6) is 0 Å². The van der Waals surface area contributed by atoms with Crippen molar-refractivity contribution >= 4 is 40.6 Å². The summed E-state index contributed by atoms with van der Waals surface area (Å²) < 4.78 is 4.87. The summed E-state index contributed by atoms with van der Waals surface area (Å²) in [5.74, 6) is 0.870. The molecule has 0 spiro atoms. The van der Waals surface area contributed by atoms with Crippen LogP contribution in [0, 0.1) is 6.92 Å². The molecule has 0 aliphatic rings. The molecule has 0 aliphatic heterocycles. The SMILES string of the molecule is Cc1c(N)cccc1NC(=O)CCCSc1ncns1. The van der Waals surface area contributed by atoms with E-state index in [2.05, 4.69) is 14.7 Å². The van der Waals surface area contributed by atoms with Crippen molar-refractivity contribution in [2.75, 3.05) is 16.8 Å². The van der Waals surface area contributed by atoms with Gasteiger partial charge >= 0.3 is 0 Å². The molecule has 0 fully saturated rings. The summed E-state index contributed by atoms with van der Waals surface area (Å²) in [5.41, 5.74) is 8.19. The minimum absolute atomic E-state index is 0.0107. The van der Waals surface area contributed by atoms with Crippen LogP contribution in [0.3, 0.4) is 0 Å². The van der Waals surface area contributed by atoms with E-state index in [-0.39, 0.29) is 5.91 Å². The molecule has 7 heteroatoms. The molecule has 0 radical (unpaired) electrons. The highest BCUT2D eigenvalue weighted by atomic mass is 32.2. The molecule has 0 atom stereocenters. The van der Waals surface area contributed by atoms with Gasteiger partial charge in [0.1, 0.15) is 6.33 Å². The summed E-state index contributed by atoms with van der Waals surface area (Å²) >= 11 is 3.00. The second kappa shape index (κ2) is 7.25. The fourth-order valence-corrected chi connectivity index (χ4v) is 3.07. The first-order valence-electron chi connectivity index (χ1n) is 6.21. The topological polar surface area (TPSA) is 80.9 Å². The number of carbonyl (C=O) groups excluding carboxylic acids is 1. The Hall–Kier alpha value is -1.60. The predicted octanol–water partition coefficient (Wildman–Crippen LogP) is 2.94. The van der Waals surface area contributed by atoms with Crippen molar-refractivity contribution in [2.45, 2.75) is 24.1 Å². The van der Waals surface area contributed by atoms with Gasteiger partial charge in [0, 0.05) is 23.5 Å². The van der Waals surface area contributed by atoms with Crippen LogP contribution in [0.15, 0.2) is 28.9 Å². The number of aromatic nitrogens is 2. The van der Waals surface area contributed by atoms with Gasteiger partial charge in [0.05, 0.1) is 0 Å². The molecule has 3 N–H and O–H groups in total. The number of nitrogen functional groups attached to an aromatic ring is 1. The van der Waals surface area contributed by atoms with Crippen molar-refractivity contribution < 1.29 is 4.79 Å². The van der Waals surface area contributed by atoms with Crippen molar-refractivity contribution in [3.8, 4) is 0 Å². The third kappa shape index (κ3) is 4.21. The van der Waals surface area contributed by atoms with Crippen molar-refractivity contribution in [3.05, 3.63) is 30.1 Å². The van der Waals surface area contributed by atoms with Crippen molar-refractivity contribution in [1.82, 2.24) is 9.36 Å². The zero-order valence-corrected chi connectivity index (χ0v) is 12.8. The molecule has 5 nitrogen and oxygen atoms in total. The predicted molar refractivity (Wildman–Crippen MR) is 84.1 cm³/mol. The van der Waals surface area contributed by atoms with Crippen molar-refractivity contribution in [2.24, 2.45) is 0 Å². The van der Waals surface area contributed by atoms with Gasteiger partial charge < -0.3 is 11.1 Å². The molecular formula is C13H16N4OS2. The Morgan fingerprint density at radius 2 is 2.35 bits per heavy atom. The first-order valence-corrected chi connectivity index (χ1v) is 7.97. The molecule has 0 saturated heterocycles. The maximum Gasteiger partial charge on any atom is 0.224 e. The van der Waals surface area contributed by atoms with E-state index in [1.807, 2.05) is 25.1 Å². The fraction of sp³-hybridized carbons (Fsp3) is 0.308. The molecule has 1 amide bonds. The van der Waals surface area contributed by atoms with Crippen molar-refractivity contribution in [3.63, 3.8) is 0 Å². The van der Waals surface area contributed by atoms with E-state index in [0.29, 0.717) is 12.1 Å². The van der Waals surface area contributed by atoms with Crippen LogP contribution in [0.4, 0.5) is 11.4 Å². The second-order valence-corrected chi connectivity index (χ2v) is 6.35. The Labute approximate surface area is 126 Å².